The number of benzene rings is 1. The zero-order chi connectivity index (χ0) is 12.0. The highest BCUT2D eigenvalue weighted by Crippen LogP contribution is 2.19. The second kappa shape index (κ2) is 6.66. The first kappa shape index (κ1) is 13.2. The Balaban J connectivity index is 2.67. The molecule has 0 fully saturated rings. The molecular formula is C12H17BrN2O. The maximum absolute atomic E-state index is 11.5. The van der Waals surface area contributed by atoms with Crippen molar-refractivity contribution in [1.82, 2.24) is 5.32 Å². The van der Waals surface area contributed by atoms with Gasteiger partial charge in [0, 0.05) is 17.4 Å². The van der Waals surface area contributed by atoms with Crippen molar-refractivity contribution in [2.45, 2.75) is 25.8 Å². The highest BCUT2D eigenvalue weighted by Gasteiger charge is 2.11. The molecule has 88 valence electrons. The quantitative estimate of drug-likeness (QED) is 0.872. The molecule has 1 aromatic carbocycles. The average Bonchev–Trinajstić information content (AvgIpc) is 2.27. The minimum Gasteiger partial charge on any atom is -0.349 e. The summed E-state index contributed by atoms with van der Waals surface area (Å²) in [4.78, 5) is 11.5. The molecule has 0 aliphatic carbocycles. The summed E-state index contributed by atoms with van der Waals surface area (Å²) in [5, 5.41) is 2.97. The summed E-state index contributed by atoms with van der Waals surface area (Å²) in [5.74, 6) is 0.0114. The second-order valence-electron chi connectivity index (χ2n) is 3.62. The van der Waals surface area contributed by atoms with Crippen LogP contribution in [0, 0.1) is 0 Å². The van der Waals surface area contributed by atoms with Crippen molar-refractivity contribution in [2.24, 2.45) is 5.73 Å². The Bertz CT molecular complexity index is 337. The molecule has 1 amide bonds. The first-order chi connectivity index (χ1) is 7.67. The molecule has 3 N–H and O–H groups in total. The Morgan fingerprint density at radius 3 is 2.56 bits per heavy atom. The molecule has 0 saturated carbocycles. The monoisotopic (exact) mass is 284 g/mol. The van der Waals surface area contributed by atoms with Gasteiger partial charge >= 0.3 is 0 Å². The number of rotatable bonds is 5. The second-order valence-corrected chi connectivity index (χ2v) is 4.53. The molecule has 4 heteroatoms. The molecule has 0 saturated heterocycles. The van der Waals surface area contributed by atoms with E-state index in [9.17, 15) is 4.79 Å². The van der Waals surface area contributed by atoms with Crippen LogP contribution in [0.25, 0.3) is 0 Å². The molecule has 0 aromatic heterocycles. The van der Waals surface area contributed by atoms with Crippen LogP contribution in [0.15, 0.2) is 28.7 Å². The van der Waals surface area contributed by atoms with Gasteiger partial charge < -0.3 is 11.1 Å². The van der Waals surface area contributed by atoms with Gasteiger partial charge in [-0.1, -0.05) is 35.0 Å². The van der Waals surface area contributed by atoms with E-state index in [-0.39, 0.29) is 11.9 Å². The van der Waals surface area contributed by atoms with Gasteiger partial charge in [0.05, 0.1) is 6.04 Å². The molecule has 3 nitrogen and oxygen atoms in total. The molecule has 1 unspecified atom stereocenters. The molecule has 0 spiro atoms. The lowest BCUT2D eigenvalue weighted by atomic mass is 10.0. The molecule has 1 rings (SSSR count). The van der Waals surface area contributed by atoms with Gasteiger partial charge in [0.2, 0.25) is 5.91 Å². The topological polar surface area (TPSA) is 55.1 Å². The van der Waals surface area contributed by atoms with Gasteiger partial charge in [-0.05, 0) is 24.1 Å². The van der Waals surface area contributed by atoms with E-state index in [2.05, 4.69) is 28.2 Å². The maximum atomic E-state index is 11.5. The van der Waals surface area contributed by atoms with Crippen molar-refractivity contribution in [3.05, 3.63) is 34.3 Å². The number of nitrogens with one attached hydrogen (secondary N) is 1. The summed E-state index contributed by atoms with van der Waals surface area (Å²) in [5.41, 5.74) is 6.46. The van der Waals surface area contributed by atoms with Gasteiger partial charge in [-0.25, -0.2) is 0 Å². The standard InChI is InChI=1S/C12H17BrN2O/c1-2-11(15-12(16)7-8-14)9-3-5-10(13)6-4-9/h3-6,11H,2,7-8,14H2,1H3,(H,15,16). The first-order valence-corrected chi connectivity index (χ1v) is 6.21. The minimum atomic E-state index is 0.0114. The average molecular weight is 285 g/mol. The van der Waals surface area contributed by atoms with E-state index in [0.717, 1.165) is 16.5 Å². The van der Waals surface area contributed by atoms with Crippen LogP contribution in [0.1, 0.15) is 31.4 Å². The Morgan fingerprint density at radius 2 is 2.06 bits per heavy atom. The molecule has 0 aliphatic rings. The third kappa shape index (κ3) is 3.94. The molecular weight excluding hydrogens is 268 g/mol. The zero-order valence-corrected chi connectivity index (χ0v) is 11.0. The van der Waals surface area contributed by atoms with Gasteiger partial charge in [0.1, 0.15) is 0 Å². The van der Waals surface area contributed by atoms with Gasteiger partial charge in [-0.15, -0.1) is 0 Å². The fraction of sp³-hybridized carbons (Fsp3) is 0.417. The van der Waals surface area contributed by atoms with Crippen LogP contribution in [-0.2, 0) is 4.79 Å². The van der Waals surface area contributed by atoms with Crippen LogP contribution < -0.4 is 11.1 Å². The molecule has 1 atom stereocenters. The van der Waals surface area contributed by atoms with Gasteiger partial charge in [0.15, 0.2) is 0 Å². The number of carbonyl (C=O) groups is 1. The molecule has 0 aliphatic heterocycles. The molecule has 16 heavy (non-hydrogen) atoms. The first-order valence-electron chi connectivity index (χ1n) is 5.42. The predicted octanol–water partition coefficient (Wildman–Crippen LogP) is 2.37. The summed E-state index contributed by atoms with van der Waals surface area (Å²) in [6, 6.07) is 8.06. The molecule has 0 heterocycles. The summed E-state index contributed by atoms with van der Waals surface area (Å²) in [6.45, 7) is 2.44. The largest absolute Gasteiger partial charge is 0.349 e. The minimum absolute atomic E-state index is 0.0114. The Morgan fingerprint density at radius 1 is 1.44 bits per heavy atom. The third-order valence-corrected chi connectivity index (χ3v) is 2.92. The molecule has 0 radical (unpaired) electrons. The van der Waals surface area contributed by atoms with Crippen LogP contribution in [0.2, 0.25) is 0 Å². The number of hydrogen-bond donors (Lipinski definition) is 2. The smallest absolute Gasteiger partial charge is 0.221 e. The van der Waals surface area contributed by atoms with E-state index < -0.39 is 0 Å². The highest BCUT2D eigenvalue weighted by atomic mass is 79.9. The third-order valence-electron chi connectivity index (χ3n) is 2.39. The van der Waals surface area contributed by atoms with E-state index in [1.54, 1.807) is 0 Å². The van der Waals surface area contributed by atoms with Crippen LogP contribution in [0.3, 0.4) is 0 Å². The lowest BCUT2D eigenvalue weighted by Gasteiger charge is -2.17. The number of nitrogens with two attached hydrogens (primary N) is 1. The maximum Gasteiger partial charge on any atom is 0.221 e. The van der Waals surface area contributed by atoms with E-state index in [1.165, 1.54) is 0 Å². The van der Waals surface area contributed by atoms with Gasteiger partial charge in [-0.2, -0.15) is 0 Å². The van der Waals surface area contributed by atoms with Crippen molar-refractivity contribution in [2.75, 3.05) is 6.54 Å². The zero-order valence-electron chi connectivity index (χ0n) is 9.37. The fourth-order valence-corrected chi connectivity index (χ4v) is 1.78. The van der Waals surface area contributed by atoms with Gasteiger partial charge in [-0.3, -0.25) is 4.79 Å². The van der Waals surface area contributed by atoms with Crippen molar-refractivity contribution in [3.63, 3.8) is 0 Å². The fourth-order valence-electron chi connectivity index (χ4n) is 1.51. The molecule has 1 aromatic rings. The number of hydrogen-bond acceptors (Lipinski definition) is 2. The van der Waals surface area contributed by atoms with E-state index in [0.29, 0.717) is 13.0 Å². The Labute approximate surface area is 105 Å². The van der Waals surface area contributed by atoms with Gasteiger partial charge in [0.25, 0.3) is 0 Å². The summed E-state index contributed by atoms with van der Waals surface area (Å²) >= 11 is 3.39. The van der Waals surface area contributed by atoms with Crippen molar-refractivity contribution in [1.29, 1.82) is 0 Å². The van der Waals surface area contributed by atoms with Crippen molar-refractivity contribution >= 4 is 21.8 Å². The highest BCUT2D eigenvalue weighted by molar-refractivity contribution is 9.10. The van der Waals surface area contributed by atoms with E-state index in [1.807, 2.05) is 24.3 Å². The van der Waals surface area contributed by atoms with Crippen molar-refractivity contribution < 1.29 is 4.79 Å². The summed E-state index contributed by atoms with van der Waals surface area (Å²) in [7, 11) is 0. The number of halogens is 1. The van der Waals surface area contributed by atoms with Crippen LogP contribution in [0.5, 0.6) is 0 Å². The Kier molecular flexibility index (Phi) is 5.49. The SMILES string of the molecule is CCC(NC(=O)CCN)c1ccc(Br)cc1. The normalized spacial score (nSPS) is 12.2. The Hall–Kier alpha value is -0.870. The summed E-state index contributed by atoms with van der Waals surface area (Å²) in [6.07, 6.45) is 1.25. The number of carbonyl (C=O) groups excluding carboxylic acids is 1. The number of amides is 1. The lowest BCUT2D eigenvalue weighted by molar-refractivity contribution is -0.121. The van der Waals surface area contributed by atoms with E-state index in [4.69, 9.17) is 5.73 Å². The summed E-state index contributed by atoms with van der Waals surface area (Å²) < 4.78 is 1.04. The predicted molar refractivity (Wildman–Crippen MR) is 69.0 cm³/mol. The van der Waals surface area contributed by atoms with Crippen molar-refractivity contribution in [3.8, 4) is 0 Å². The van der Waals surface area contributed by atoms with Crippen LogP contribution in [-0.4, -0.2) is 12.5 Å². The van der Waals surface area contributed by atoms with Crippen LogP contribution >= 0.6 is 15.9 Å². The molecule has 0 bridgehead atoms. The lowest BCUT2D eigenvalue weighted by Crippen LogP contribution is -2.29. The van der Waals surface area contributed by atoms with E-state index >= 15 is 0 Å². The van der Waals surface area contributed by atoms with Crippen LogP contribution in [0.4, 0.5) is 0 Å².